The number of aliphatic imine (C=N–C) groups is 1. The highest BCUT2D eigenvalue weighted by Gasteiger charge is 2.07. The van der Waals surface area contributed by atoms with Gasteiger partial charge in [0.1, 0.15) is 0 Å². The second kappa shape index (κ2) is 10.3. The van der Waals surface area contributed by atoms with Gasteiger partial charge in [0, 0.05) is 39.6 Å². The van der Waals surface area contributed by atoms with Gasteiger partial charge in [-0.05, 0) is 17.5 Å². The third-order valence-corrected chi connectivity index (χ3v) is 3.34. The summed E-state index contributed by atoms with van der Waals surface area (Å²) in [6.07, 6.45) is 3.81. The molecule has 5 nitrogen and oxygen atoms in total. The summed E-state index contributed by atoms with van der Waals surface area (Å²) in [7, 11) is 4.02. The smallest absolute Gasteiger partial charge is 0.193 e. The van der Waals surface area contributed by atoms with Crippen molar-refractivity contribution in [3.05, 3.63) is 54.4 Å². The molecule has 0 aliphatic heterocycles. The minimum atomic E-state index is 0. The Hall–Kier alpha value is -1.57. The van der Waals surface area contributed by atoms with Crippen LogP contribution in [0.4, 0.5) is 0 Å². The maximum atomic E-state index is 4.67. The lowest BCUT2D eigenvalue weighted by Crippen LogP contribution is -2.39. The van der Waals surface area contributed by atoms with Crippen LogP contribution in [0.25, 0.3) is 0 Å². The topological polar surface area (TPSA) is 45.5 Å². The van der Waals surface area contributed by atoms with Crippen molar-refractivity contribution >= 4 is 29.9 Å². The molecule has 1 unspecified atom stereocenters. The van der Waals surface area contributed by atoms with Crippen LogP contribution < -0.4 is 5.32 Å². The minimum Gasteiger partial charge on any atom is -0.356 e. The van der Waals surface area contributed by atoms with Gasteiger partial charge in [-0.1, -0.05) is 37.3 Å². The highest BCUT2D eigenvalue weighted by Crippen LogP contribution is 2.02. The van der Waals surface area contributed by atoms with Crippen LogP contribution in [0.1, 0.15) is 12.5 Å². The van der Waals surface area contributed by atoms with E-state index < -0.39 is 0 Å². The summed E-state index contributed by atoms with van der Waals surface area (Å²) in [4.78, 5) is 6.69. The third-order valence-electron chi connectivity index (χ3n) is 3.34. The maximum absolute atomic E-state index is 4.67. The number of hydrogen-bond donors (Lipinski definition) is 1. The maximum Gasteiger partial charge on any atom is 0.193 e. The fourth-order valence-corrected chi connectivity index (χ4v) is 2.16. The van der Waals surface area contributed by atoms with E-state index in [9.17, 15) is 0 Å². The van der Waals surface area contributed by atoms with E-state index in [4.69, 9.17) is 0 Å². The molecule has 1 aromatic carbocycles. The van der Waals surface area contributed by atoms with Gasteiger partial charge >= 0.3 is 0 Å². The molecule has 0 bridgehead atoms. The molecule has 1 heterocycles. The van der Waals surface area contributed by atoms with Gasteiger partial charge in [0.05, 0.1) is 6.54 Å². The van der Waals surface area contributed by atoms with Crippen molar-refractivity contribution in [1.29, 1.82) is 0 Å². The van der Waals surface area contributed by atoms with E-state index in [2.05, 4.69) is 34.5 Å². The van der Waals surface area contributed by atoms with E-state index >= 15 is 0 Å². The Balaban J connectivity index is 0.00000264. The molecular weight excluding hydrogens is 401 g/mol. The van der Waals surface area contributed by atoms with Crippen molar-refractivity contribution in [2.75, 3.05) is 20.6 Å². The zero-order chi connectivity index (χ0) is 15.8. The summed E-state index contributed by atoms with van der Waals surface area (Å²) in [6, 6.07) is 12.2. The van der Waals surface area contributed by atoms with Crippen LogP contribution in [0.15, 0.2) is 53.8 Å². The van der Waals surface area contributed by atoms with Gasteiger partial charge in [-0.15, -0.1) is 24.0 Å². The molecule has 0 radical (unpaired) electrons. The van der Waals surface area contributed by atoms with Crippen LogP contribution in [0.2, 0.25) is 0 Å². The van der Waals surface area contributed by atoms with E-state index in [0.717, 1.165) is 19.0 Å². The Bertz CT molecular complexity index is 566. The summed E-state index contributed by atoms with van der Waals surface area (Å²) < 4.78 is 1.96. The first-order valence-electron chi connectivity index (χ1n) is 7.62. The summed E-state index contributed by atoms with van der Waals surface area (Å²) in [5.41, 5.74) is 1.22. The Morgan fingerprint density at radius 1 is 1.26 bits per heavy atom. The molecule has 1 N–H and O–H groups in total. The highest BCUT2D eigenvalue weighted by molar-refractivity contribution is 14.0. The monoisotopic (exact) mass is 427 g/mol. The van der Waals surface area contributed by atoms with E-state index in [1.54, 1.807) is 0 Å². The molecule has 0 saturated carbocycles. The summed E-state index contributed by atoms with van der Waals surface area (Å²) in [6.45, 7) is 4.67. The molecule has 0 amide bonds. The predicted octanol–water partition coefficient (Wildman–Crippen LogP) is 2.84. The van der Waals surface area contributed by atoms with Gasteiger partial charge in [0.15, 0.2) is 5.96 Å². The number of nitrogens with zero attached hydrogens (tertiary/aromatic N) is 4. The predicted molar refractivity (Wildman–Crippen MR) is 106 cm³/mol. The molecule has 0 aliphatic carbocycles. The molecule has 0 spiro atoms. The Kier molecular flexibility index (Phi) is 8.68. The molecule has 6 heteroatoms. The van der Waals surface area contributed by atoms with Crippen LogP contribution in [0, 0.1) is 5.92 Å². The lowest BCUT2D eigenvalue weighted by molar-refractivity contribution is 0.436. The number of aromatic nitrogens is 2. The van der Waals surface area contributed by atoms with Gasteiger partial charge in [-0.25, -0.2) is 4.99 Å². The second-order valence-corrected chi connectivity index (χ2v) is 5.73. The van der Waals surface area contributed by atoms with Crippen molar-refractivity contribution in [1.82, 2.24) is 20.0 Å². The normalized spacial score (nSPS) is 12.4. The number of hydrogen-bond acceptors (Lipinski definition) is 2. The number of nitrogens with one attached hydrogen (secondary N) is 1. The van der Waals surface area contributed by atoms with E-state index in [-0.39, 0.29) is 24.0 Å². The SMILES string of the molecule is CC(CNC(=NCc1ccccc1)N(C)C)Cn1cccn1.I. The quantitative estimate of drug-likeness (QED) is 0.438. The van der Waals surface area contributed by atoms with E-state index in [0.29, 0.717) is 12.5 Å². The largest absolute Gasteiger partial charge is 0.356 e. The average Bonchev–Trinajstić information content (AvgIpc) is 3.00. The minimum absolute atomic E-state index is 0. The molecule has 0 aliphatic rings. The highest BCUT2D eigenvalue weighted by atomic mass is 127. The third kappa shape index (κ3) is 7.02. The molecule has 2 aromatic rings. The lowest BCUT2D eigenvalue weighted by Gasteiger charge is -2.20. The van der Waals surface area contributed by atoms with Crippen molar-refractivity contribution in [2.45, 2.75) is 20.0 Å². The van der Waals surface area contributed by atoms with E-state index in [1.807, 2.05) is 60.3 Å². The van der Waals surface area contributed by atoms with Gasteiger partial charge < -0.3 is 10.2 Å². The zero-order valence-corrected chi connectivity index (χ0v) is 16.3. The molecule has 23 heavy (non-hydrogen) atoms. The van der Waals surface area contributed by atoms with E-state index in [1.165, 1.54) is 5.56 Å². The molecule has 1 atom stereocenters. The fraction of sp³-hybridized carbons (Fsp3) is 0.412. The Labute approximate surface area is 155 Å². The molecule has 126 valence electrons. The van der Waals surface area contributed by atoms with Gasteiger partial charge in [0.2, 0.25) is 0 Å². The Morgan fingerprint density at radius 3 is 2.61 bits per heavy atom. The van der Waals surface area contributed by atoms with Crippen LogP contribution in [0.3, 0.4) is 0 Å². The number of rotatable bonds is 6. The van der Waals surface area contributed by atoms with Crippen LogP contribution >= 0.6 is 24.0 Å². The van der Waals surface area contributed by atoms with Gasteiger partial charge in [-0.2, -0.15) is 5.10 Å². The molecule has 0 fully saturated rings. The summed E-state index contributed by atoms with van der Waals surface area (Å²) >= 11 is 0. The first-order chi connectivity index (χ1) is 10.6. The zero-order valence-electron chi connectivity index (χ0n) is 14.0. The van der Waals surface area contributed by atoms with Crippen molar-refractivity contribution < 1.29 is 0 Å². The van der Waals surface area contributed by atoms with Crippen LogP contribution in [-0.4, -0.2) is 41.3 Å². The first kappa shape index (κ1) is 19.5. The van der Waals surface area contributed by atoms with Crippen molar-refractivity contribution in [2.24, 2.45) is 10.9 Å². The number of benzene rings is 1. The average molecular weight is 427 g/mol. The number of guanidine groups is 1. The second-order valence-electron chi connectivity index (χ2n) is 5.73. The van der Waals surface area contributed by atoms with Crippen LogP contribution in [-0.2, 0) is 13.1 Å². The molecule has 1 aromatic heterocycles. The molecule has 2 rings (SSSR count). The molecular formula is C17H26IN5. The van der Waals surface area contributed by atoms with Crippen LogP contribution in [0.5, 0.6) is 0 Å². The van der Waals surface area contributed by atoms with Gasteiger partial charge in [-0.3, -0.25) is 4.68 Å². The van der Waals surface area contributed by atoms with Crippen molar-refractivity contribution in [3.63, 3.8) is 0 Å². The first-order valence-corrected chi connectivity index (χ1v) is 7.62. The fourth-order valence-electron chi connectivity index (χ4n) is 2.16. The molecule has 0 saturated heterocycles. The number of halogens is 1. The Morgan fingerprint density at radius 2 is 2.00 bits per heavy atom. The lowest BCUT2D eigenvalue weighted by atomic mass is 10.2. The van der Waals surface area contributed by atoms with Gasteiger partial charge in [0.25, 0.3) is 0 Å². The van der Waals surface area contributed by atoms with Crippen molar-refractivity contribution in [3.8, 4) is 0 Å². The standard InChI is InChI=1S/C17H25N5.HI/c1-15(14-22-11-7-10-20-22)12-18-17(21(2)3)19-13-16-8-5-4-6-9-16;/h4-11,15H,12-14H2,1-3H3,(H,18,19);1H. The summed E-state index contributed by atoms with van der Waals surface area (Å²) in [5.74, 6) is 1.39. The summed E-state index contributed by atoms with van der Waals surface area (Å²) in [5, 5.41) is 7.68.